The van der Waals surface area contributed by atoms with E-state index in [4.69, 9.17) is 14.7 Å². The van der Waals surface area contributed by atoms with Gasteiger partial charge in [0.15, 0.2) is 11.5 Å². The third-order valence-corrected chi connectivity index (χ3v) is 2.01. The summed E-state index contributed by atoms with van der Waals surface area (Å²) in [6.45, 7) is 3.67. The average molecular weight is 207 g/mol. The molecule has 1 aromatic carbocycles. The SMILES string of the molecule is C=Cc1cc(OC)c(OC)cc1C=NO. The molecule has 4 heteroatoms. The van der Waals surface area contributed by atoms with Crippen molar-refractivity contribution in [2.75, 3.05) is 14.2 Å². The highest BCUT2D eigenvalue weighted by Crippen LogP contribution is 2.30. The summed E-state index contributed by atoms with van der Waals surface area (Å²) >= 11 is 0. The van der Waals surface area contributed by atoms with Crippen LogP contribution in [0.4, 0.5) is 0 Å². The van der Waals surface area contributed by atoms with Gasteiger partial charge in [-0.05, 0) is 17.7 Å². The van der Waals surface area contributed by atoms with E-state index in [1.807, 2.05) is 0 Å². The van der Waals surface area contributed by atoms with Crippen molar-refractivity contribution in [1.82, 2.24) is 0 Å². The zero-order chi connectivity index (χ0) is 11.3. The molecule has 0 bridgehead atoms. The number of oxime groups is 1. The Labute approximate surface area is 88.4 Å². The smallest absolute Gasteiger partial charge is 0.161 e. The molecule has 15 heavy (non-hydrogen) atoms. The van der Waals surface area contributed by atoms with Gasteiger partial charge in [-0.2, -0.15) is 0 Å². The minimum atomic E-state index is 0.581. The van der Waals surface area contributed by atoms with Crippen molar-refractivity contribution in [3.63, 3.8) is 0 Å². The number of ether oxygens (including phenoxy) is 2. The highest BCUT2D eigenvalue weighted by molar-refractivity contribution is 5.86. The highest BCUT2D eigenvalue weighted by Gasteiger charge is 2.07. The number of hydrogen-bond donors (Lipinski definition) is 1. The minimum Gasteiger partial charge on any atom is -0.493 e. The Morgan fingerprint density at radius 1 is 1.20 bits per heavy atom. The van der Waals surface area contributed by atoms with Gasteiger partial charge in [-0.15, -0.1) is 0 Å². The largest absolute Gasteiger partial charge is 0.493 e. The molecule has 0 atom stereocenters. The molecule has 0 saturated heterocycles. The second-order valence-corrected chi connectivity index (χ2v) is 2.78. The van der Waals surface area contributed by atoms with E-state index < -0.39 is 0 Å². The standard InChI is InChI=1S/C11H13NO3/c1-4-8-5-10(14-2)11(15-3)6-9(8)7-12-13/h4-7,13H,1H2,2-3H3. The van der Waals surface area contributed by atoms with E-state index in [0.29, 0.717) is 17.1 Å². The molecular weight excluding hydrogens is 194 g/mol. The van der Waals surface area contributed by atoms with Gasteiger partial charge >= 0.3 is 0 Å². The molecule has 1 rings (SSSR count). The van der Waals surface area contributed by atoms with Gasteiger partial charge < -0.3 is 14.7 Å². The molecule has 4 nitrogen and oxygen atoms in total. The Morgan fingerprint density at radius 3 is 2.13 bits per heavy atom. The van der Waals surface area contributed by atoms with E-state index in [2.05, 4.69) is 11.7 Å². The van der Waals surface area contributed by atoms with E-state index >= 15 is 0 Å². The quantitative estimate of drug-likeness (QED) is 0.467. The molecule has 0 saturated carbocycles. The summed E-state index contributed by atoms with van der Waals surface area (Å²) in [5.41, 5.74) is 1.52. The first-order valence-corrected chi connectivity index (χ1v) is 4.32. The van der Waals surface area contributed by atoms with Crippen LogP contribution in [0.2, 0.25) is 0 Å². The number of hydrogen-bond acceptors (Lipinski definition) is 4. The Kier molecular flexibility index (Phi) is 3.74. The molecule has 1 aromatic rings. The van der Waals surface area contributed by atoms with Crippen LogP contribution in [0.1, 0.15) is 11.1 Å². The van der Waals surface area contributed by atoms with Gasteiger partial charge in [0.1, 0.15) is 0 Å². The molecule has 0 aliphatic carbocycles. The van der Waals surface area contributed by atoms with Crippen molar-refractivity contribution in [1.29, 1.82) is 0 Å². The van der Waals surface area contributed by atoms with E-state index in [-0.39, 0.29) is 0 Å². The fourth-order valence-corrected chi connectivity index (χ4v) is 1.26. The fourth-order valence-electron chi connectivity index (χ4n) is 1.26. The first-order valence-electron chi connectivity index (χ1n) is 4.32. The Hall–Kier alpha value is -1.97. The summed E-state index contributed by atoms with van der Waals surface area (Å²) in [5, 5.41) is 11.5. The van der Waals surface area contributed by atoms with E-state index in [1.54, 1.807) is 32.4 Å². The van der Waals surface area contributed by atoms with Gasteiger partial charge in [-0.1, -0.05) is 17.8 Å². The molecule has 0 aliphatic heterocycles. The molecule has 0 heterocycles. The molecule has 0 fully saturated rings. The lowest BCUT2D eigenvalue weighted by Gasteiger charge is -2.10. The van der Waals surface area contributed by atoms with Gasteiger partial charge in [-0.25, -0.2) is 0 Å². The molecule has 1 N–H and O–H groups in total. The van der Waals surface area contributed by atoms with Crippen molar-refractivity contribution in [3.8, 4) is 11.5 Å². The fraction of sp³-hybridized carbons (Fsp3) is 0.182. The molecule has 80 valence electrons. The monoisotopic (exact) mass is 207 g/mol. The van der Waals surface area contributed by atoms with Crippen LogP contribution in [0.3, 0.4) is 0 Å². The molecule has 0 spiro atoms. The number of nitrogens with zero attached hydrogens (tertiary/aromatic N) is 1. The van der Waals surface area contributed by atoms with Crippen molar-refractivity contribution in [3.05, 3.63) is 29.8 Å². The first-order chi connectivity index (χ1) is 7.26. The summed E-state index contributed by atoms with van der Waals surface area (Å²) in [6, 6.07) is 3.48. The molecule has 0 aromatic heterocycles. The minimum absolute atomic E-state index is 0.581. The molecular formula is C11H13NO3. The van der Waals surface area contributed by atoms with Crippen molar-refractivity contribution < 1.29 is 14.7 Å². The Morgan fingerprint density at radius 2 is 1.73 bits per heavy atom. The summed E-state index contributed by atoms with van der Waals surface area (Å²) in [5.74, 6) is 1.19. The molecule has 0 radical (unpaired) electrons. The van der Waals surface area contributed by atoms with Gasteiger partial charge in [0.05, 0.1) is 20.4 Å². The molecule has 0 aliphatic rings. The van der Waals surface area contributed by atoms with Crippen molar-refractivity contribution in [2.45, 2.75) is 0 Å². The maximum atomic E-state index is 8.49. The summed E-state index contributed by atoms with van der Waals surface area (Å²) < 4.78 is 10.3. The van der Waals surface area contributed by atoms with Crippen LogP contribution in [0.15, 0.2) is 23.9 Å². The summed E-state index contributed by atoms with van der Waals surface area (Å²) in [7, 11) is 3.11. The zero-order valence-corrected chi connectivity index (χ0v) is 8.73. The van der Waals surface area contributed by atoms with E-state index in [9.17, 15) is 0 Å². The van der Waals surface area contributed by atoms with Crippen LogP contribution in [0.25, 0.3) is 6.08 Å². The maximum Gasteiger partial charge on any atom is 0.161 e. The number of rotatable bonds is 4. The van der Waals surface area contributed by atoms with Crippen LogP contribution < -0.4 is 9.47 Å². The second kappa shape index (κ2) is 5.05. The third-order valence-electron chi connectivity index (χ3n) is 2.01. The number of methoxy groups -OCH3 is 2. The predicted octanol–water partition coefficient (Wildman–Crippen LogP) is 2.15. The van der Waals surface area contributed by atoms with Gasteiger partial charge in [0, 0.05) is 5.56 Å². The zero-order valence-electron chi connectivity index (χ0n) is 8.73. The van der Waals surface area contributed by atoms with Crippen molar-refractivity contribution in [2.24, 2.45) is 5.16 Å². The maximum absolute atomic E-state index is 8.49. The van der Waals surface area contributed by atoms with Gasteiger partial charge in [0.25, 0.3) is 0 Å². The van der Waals surface area contributed by atoms with Crippen molar-refractivity contribution >= 4 is 12.3 Å². The Bertz CT molecular complexity index is 386. The lowest BCUT2D eigenvalue weighted by atomic mass is 10.1. The van der Waals surface area contributed by atoms with Gasteiger partial charge in [-0.3, -0.25) is 0 Å². The van der Waals surface area contributed by atoms with Gasteiger partial charge in [0.2, 0.25) is 0 Å². The highest BCUT2D eigenvalue weighted by atomic mass is 16.5. The van der Waals surface area contributed by atoms with Crippen LogP contribution >= 0.6 is 0 Å². The predicted molar refractivity (Wildman–Crippen MR) is 59.0 cm³/mol. The lowest BCUT2D eigenvalue weighted by Crippen LogP contribution is -1.95. The van der Waals surface area contributed by atoms with Crippen LogP contribution in [-0.2, 0) is 0 Å². The first kappa shape index (κ1) is 11.1. The summed E-state index contributed by atoms with van der Waals surface area (Å²) in [4.78, 5) is 0. The van der Waals surface area contributed by atoms with Crippen LogP contribution in [-0.4, -0.2) is 25.6 Å². The summed E-state index contributed by atoms with van der Waals surface area (Å²) in [6.07, 6.45) is 2.97. The van der Waals surface area contributed by atoms with Crippen LogP contribution in [0, 0.1) is 0 Å². The third kappa shape index (κ3) is 2.28. The lowest BCUT2D eigenvalue weighted by molar-refractivity contribution is 0.321. The number of benzene rings is 1. The molecule has 0 amide bonds. The Balaban J connectivity index is 3.33. The average Bonchev–Trinajstić information content (AvgIpc) is 2.28. The second-order valence-electron chi connectivity index (χ2n) is 2.78. The van der Waals surface area contributed by atoms with E-state index in [1.165, 1.54) is 6.21 Å². The topological polar surface area (TPSA) is 51.0 Å². The normalized spacial score (nSPS) is 10.3. The molecule has 0 unspecified atom stereocenters. The van der Waals surface area contributed by atoms with E-state index in [0.717, 1.165) is 5.56 Å². The van der Waals surface area contributed by atoms with Crippen LogP contribution in [0.5, 0.6) is 11.5 Å².